The molecule has 0 spiro atoms. The first kappa shape index (κ1) is 12.6. The lowest BCUT2D eigenvalue weighted by Crippen LogP contribution is -2.02. The Morgan fingerprint density at radius 3 is 2.75 bits per heavy atom. The van der Waals surface area contributed by atoms with Crippen LogP contribution in [0.2, 0.25) is 5.02 Å². The largest absolute Gasteiger partial charge is 0.399 e. The molecule has 0 radical (unpaired) electrons. The van der Waals surface area contributed by atoms with E-state index in [9.17, 15) is 0 Å². The zero-order valence-corrected chi connectivity index (χ0v) is 11.5. The van der Waals surface area contributed by atoms with Gasteiger partial charge in [-0.15, -0.1) is 5.10 Å². The Kier molecular flexibility index (Phi) is 3.12. The van der Waals surface area contributed by atoms with Crippen LogP contribution in [0.4, 0.5) is 5.69 Å². The summed E-state index contributed by atoms with van der Waals surface area (Å²) >= 11 is 6.15. The van der Waals surface area contributed by atoms with Gasteiger partial charge in [-0.3, -0.25) is 0 Å². The molecule has 2 aromatic carbocycles. The van der Waals surface area contributed by atoms with E-state index in [0.29, 0.717) is 16.5 Å². The van der Waals surface area contributed by atoms with E-state index in [4.69, 9.17) is 17.3 Å². The molecule has 0 aliphatic carbocycles. The monoisotopic (exact) mass is 285 g/mol. The molecule has 0 saturated heterocycles. The summed E-state index contributed by atoms with van der Waals surface area (Å²) in [6, 6.07) is 13.1. The summed E-state index contributed by atoms with van der Waals surface area (Å²) in [5.74, 6) is 0.627. The third-order valence-electron chi connectivity index (χ3n) is 3.08. The molecule has 0 atom stereocenters. The number of nitrogen functional groups attached to an aromatic ring is 1. The predicted molar refractivity (Wildman–Crippen MR) is 78.7 cm³/mol. The zero-order chi connectivity index (χ0) is 14.1. The van der Waals surface area contributed by atoms with Crippen molar-refractivity contribution >= 4 is 17.3 Å². The van der Waals surface area contributed by atoms with Crippen molar-refractivity contribution < 1.29 is 0 Å². The van der Waals surface area contributed by atoms with Crippen molar-refractivity contribution in [1.82, 2.24) is 20.2 Å². The average Bonchev–Trinajstić information content (AvgIpc) is 2.91. The maximum absolute atomic E-state index is 6.15. The smallest absolute Gasteiger partial charge is 0.187 e. The SMILES string of the molecule is Cc1c(Cl)cccc1-n1nnnc1-c1cccc(N)c1. The second kappa shape index (κ2) is 4.94. The van der Waals surface area contributed by atoms with Crippen LogP contribution >= 0.6 is 11.6 Å². The van der Waals surface area contributed by atoms with Crippen molar-refractivity contribution in [2.45, 2.75) is 6.92 Å². The number of halogens is 1. The van der Waals surface area contributed by atoms with Gasteiger partial charge in [0, 0.05) is 16.3 Å². The second-order valence-electron chi connectivity index (χ2n) is 4.42. The van der Waals surface area contributed by atoms with Crippen LogP contribution in [0.5, 0.6) is 0 Å². The van der Waals surface area contributed by atoms with Crippen LogP contribution in [0.25, 0.3) is 17.1 Å². The molecule has 0 fully saturated rings. The molecule has 5 nitrogen and oxygen atoms in total. The Hall–Kier alpha value is -2.40. The summed E-state index contributed by atoms with van der Waals surface area (Å²) in [5, 5.41) is 12.6. The standard InChI is InChI=1S/C14H12ClN5/c1-9-12(15)6-3-7-13(9)20-14(17-18-19-20)10-4-2-5-11(16)8-10/h2-8H,16H2,1H3. The molecule has 0 aliphatic rings. The molecule has 6 heteroatoms. The quantitative estimate of drug-likeness (QED) is 0.735. The number of hydrogen-bond donors (Lipinski definition) is 1. The number of benzene rings is 2. The Morgan fingerprint density at radius 2 is 1.95 bits per heavy atom. The van der Waals surface area contributed by atoms with E-state index in [2.05, 4.69) is 15.5 Å². The van der Waals surface area contributed by atoms with Crippen LogP contribution in [0.15, 0.2) is 42.5 Å². The molecule has 3 aromatic rings. The van der Waals surface area contributed by atoms with Gasteiger partial charge in [0.1, 0.15) is 0 Å². The second-order valence-corrected chi connectivity index (χ2v) is 4.83. The van der Waals surface area contributed by atoms with Crippen LogP contribution in [-0.2, 0) is 0 Å². The maximum Gasteiger partial charge on any atom is 0.187 e. The average molecular weight is 286 g/mol. The number of hydrogen-bond acceptors (Lipinski definition) is 4. The number of rotatable bonds is 2. The minimum Gasteiger partial charge on any atom is -0.399 e. The van der Waals surface area contributed by atoms with Gasteiger partial charge in [0.05, 0.1) is 5.69 Å². The van der Waals surface area contributed by atoms with Gasteiger partial charge in [-0.25, -0.2) is 0 Å². The van der Waals surface area contributed by atoms with Crippen molar-refractivity contribution in [1.29, 1.82) is 0 Å². The molecule has 0 bridgehead atoms. The summed E-state index contributed by atoms with van der Waals surface area (Å²) < 4.78 is 1.66. The minimum absolute atomic E-state index is 0.627. The molecule has 20 heavy (non-hydrogen) atoms. The van der Waals surface area contributed by atoms with Gasteiger partial charge < -0.3 is 5.73 Å². The molecule has 1 aromatic heterocycles. The number of nitrogens with two attached hydrogens (primary N) is 1. The van der Waals surface area contributed by atoms with Gasteiger partial charge in [0.2, 0.25) is 0 Å². The molecule has 2 N–H and O–H groups in total. The van der Waals surface area contributed by atoms with Gasteiger partial charge in [0.25, 0.3) is 0 Å². The van der Waals surface area contributed by atoms with Gasteiger partial charge >= 0.3 is 0 Å². The Morgan fingerprint density at radius 1 is 1.15 bits per heavy atom. The molecule has 0 amide bonds. The molecule has 0 saturated carbocycles. The first-order valence-electron chi connectivity index (χ1n) is 6.06. The van der Waals surface area contributed by atoms with Crippen LogP contribution in [0.3, 0.4) is 0 Å². The number of aromatic nitrogens is 4. The van der Waals surface area contributed by atoms with Crippen LogP contribution in [0, 0.1) is 6.92 Å². The van der Waals surface area contributed by atoms with Gasteiger partial charge in [-0.1, -0.05) is 29.8 Å². The van der Waals surface area contributed by atoms with Crippen molar-refractivity contribution in [3.8, 4) is 17.1 Å². The lowest BCUT2D eigenvalue weighted by atomic mass is 10.1. The lowest BCUT2D eigenvalue weighted by Gasteiger charge is -2.09. The van der Waals surface area contributed by atoms with Gasteiger partial charge in [0.15, 0.2) is 5.82 Å². The van der Waals surface area contributed by atoms with Crippen LogP contribution in [0.1, 0.15) is 5.56 Å². The number of anilines is 1. The highest BCUT2D eigenvalue weighted by Gasteiger charge is 2.13. The van der Waals surface area contributed by atoms with Gasteiger partial charge in [-0.05, 0) is 47.2 Å². The molecule has 100 valence electrons. The van der Waals surface area contributed by atoms with E-state index >= 15 is 0 Å². The topological polar surface area (TPSA) is 69.6 Å². The molecular weight excluding hydrogens is 274 g/mol. The van der Waals surface area contributed by atoms with Gasteiger partial charge in [-0.2, -0.15) is 4.68 Å². The van der Waals surface area contributed by atoms with E-state index in [1.807, 2.05) is 49.4 Å². The van der Waals surface area contributed by atoms with Crippen molar-refractivity contribution in [2.24, 2.45) is 0 Å². The highest BCUT2D eigenvalue weighted by molar-refractivity contribution is 6.31. The molecule has 0 aliphatic heterocycles. The van der Waals surface area contributed by atoms with E-state index in [0.717, 1.165) is 16.8 Å². The van der Waals surface area contributed by atoms with Crippen LogP contribution < -0.4 is 5.73 Å². The minimum atomic E-state index is 0.627. The van der Waals surface area contributed by atoms with Crippen molar-refractivity contribution in [3.63, 3.8) is 0 Å². The number of tetrazole rings is 1. The van der Waals surface area contributed by atoms with E-state index < -0.39 is 0 Å². The first-order chi connectivity index (χ1) is 9.66. The molecule has 3 rings (SSSR count). The van der Waals surface area contributed by atoms with E-state index in [1.165, 1.54) is 0 Å². The Bertz CT molecular complexity index is 766. The summed E-state index contributed by atoms with van der Waals surface area (Å²) in [6.07, 6.45) is 0. The highest BCUT2D eigenvalue weighted by atomic mass is 35.5. The predicted octanol–water partition coefficient (Wildman–Crippen LogP) is 2.87. The Labute approximate surface area is 121 Å². The lowest BCUT2D eigenvalue weighted by molar-refractivity contribution is 0.787. The first-order valence-corrected chi connectivity index (χ1v) is 6.44. The molecule has 0 unspecified atom stereocenters. The summed E-state index contributed by atoms with van der Waals surface area (Å²) in [7, 11) is 0. The summed E-state index contributed by atoms with van der Waals surface area (Å²) in [4.78, 5) is 0. The fraction of sp³-hybridized carbons (Fsp3) is 0.0714. The Balaban J connectivity index is 2.18. The zero-order valence-electron chi connectivity index (χ0n) is 10.8. The summed E-state index contributed by atoms with van der Waals surface area (Å²) in [6.45, 7) is 1.93. The molecular formula is C14H12ClN5. The maximum atomic E-state index is 6.15. The van der Waals surface area contributed by atoms with E-state index in [-0.39, 0.29) is 0 Å². The highest BCUT2D eigenvalue weighted by Crippen LogP contribution is 2.26. The van der Waals surface area contributed by atoms with Crippen molar-refractivity contribution in [3.05, 3.63) is 53.1 Å². The van der Waals surface area contributed by atoms with E-state index in [1.54, 1.807) is 4.68 Å². The normalized spacial score (nSPS) is 10.7. The third-order valence-corrected chi connectivity index (χ3v) is 3.49. The van der Waals surface area contributed by atoms with Crippen LogP contribution in [-0.4, -0.2) is 20.2 Å². The molecule has 1 heterocycles. The fourth-order valence-electron chi connectivity index (χ4n) is 2.03. The fourth-order valence-corrected chi connectivity index (χ4v) is 2.20. The van der Waals surface area contributed by atoms with Crippen molar-refractivity contribution in [2.75, 3.05) is 5.73 Å². The number of nitrogens with zero attached hydrogens (tertiary/aromatic N) is 4. The summed E-state index contributed by atoms with van der Waals surface area (Å²) in [5.41, 5.74) is 9.10. The third kappa shape index (κ3) is 2.12.